The summed E-state index contributed by atoms with van der Waals surface area (Å²) in [6.45, 7) is 7.59. The zero-order valence-electron chi connectivity index (χ0n) is 10.6. The summed E-state index contributed by atoms with van der Waals surface area (Å²) in [6.07, 6.45) is 4.90. The van der Waals surface area contributed by atoms with Gasteiger partial charge in [-0.2, -0.15) is 0 Å². The smallest absolute Gasteiger partial charge is 0.0271 e. The van der Waals surface area contributed by atoms with E-state index in [4.69, 9.17) is 0 Å². The predicted molar refractivity (Wildman–Crippen MR) is 68.3 cm³/mol. The number of hydrogen-bond acceptors (Lipinski definition) is 3. The minimum atomic E-state index is 0.588. The fourth-order valence-electron chi connectivity index (χ4n) is 1.62. The summed E-state index contributed by atoms with van der Waals surface area (Å²) in [4.78, 5) is 6.36. The lowest BCUT2D eigenvalue weighted by molar-refractivity contribution is 0.318. The first-order valence-corrected chi connectivity index (χ1v) is 5.99. The SMILES string of the molecule is CC(C)NCCCN(C)Cc1ccncc1. The van der Waals surface area contributed by atoms with Crippen molar-refractivity contribution in [3.05, 3.63) is 30.1 Å². The third-order valence-electron chi connectivity index (χ3n) is 2.47. The molecule has 0 unspecified atom stereocenters. The summed E-state index contributed by atoms with van der Waals surface area (Å²) in [5.41, 5.74) is 1.33. The van der Waals surface area contributed by atoms with Crippen LogP contribution in [0, 0.1) is 0 Å². The summed E-state index contributed by atoms with van der Waals surface area (Å²) in [7, 11) is 2.16. The lowest BCUT2D eigenvalue weighted by Gasteiger charge is -2.17. The Balaban J connectivity index is 2.14. The molecular formula is C13H23N3. The van der Waals surface area contributed by atoms with Crippen LogP contribution >= 0.6 is 0 Å². The van der Waals surface area contributed by atoms with Gasteiger partial charge in [-0.1, -0.05) is 13.8 Å². The first-order valence-electron chi connectivity index (χ1n) is 5.99. The maximum Gasteiger partial charge on any atom is 0.0271 e. The summed E-state index contributed by atoms with van der Waals surface area (Å²) >= 11 is 0. The van der Waals surface area contributed by atoms with E-state index < -0.39 is 0 Å². The van der Waals surface area contributed by atoms with E-state index in [9.17, 15) is 0 Å². The molecule has 16 heavy (non-hydrogen) atoms. The van der Waals surface area contributed by atoms with Crippen LogP contribution in [-0.2, 0) is 6.54 Å². The van der Waals surface area contributed by atoms with Crippen molar-refractivity contribution in [2.24, 2.45) is 0 Å². The van der Waals surface area contributed by atoms with Crippen molar-refractivity contribution >= 4 is 0 Å². The molecule has 90 valence electrons. The minimum absolute atomic E-state index is 0.588. The highest BCUT2D eigenvalue weighted by atomic mass is 15.1. The molecule has 0 aliphatic heterocycles. The lowest BCUT2D eigenvalue weighted by Crippen LogP contribution is -2.27. The molecule has 0 bridgehead atoms. The van der Waals surface area contributed by atoms with Crippen molar-refractivity contribution < 1.29 is 0 Å². The second-order valence-corrected chi connectivity index (χ2v) is 4.56. The highest BCUT2D eigenvalue weighted by molar-refractivity contribution is 5.09. The fourth-order valence-corrected chi connectivity index (χ4v) is 1.62. The van der Waals surface area contributed by atoms with Gasteiger partial charge in [-0.3, -0.25) is 4.98 Å². The lowest BCUT2D eigenvalue weighted by atomic mass is 10.2. The van der Waals surface area contributed by atoms with Gasteiger partial charge in [0.15, 0.2) is 0 Å². The quantitative estimate of drug-likeness (QED) is 0.713. The second-order valence-electron chi connectivity index (χ2n) is 4.56. The summed E-state index contributed by atoms with van der Waals surface area (Å²) in [6, 6.07) is 4.73. The van der Waals surface area contributed by atoms with E-state index in [-0.39, 0.29) is 0 Å². The molecule has 1 heterocycles. The van der Waals surface area contributed by atoms with Crippen LogP contribution in [0.1, 0.15) is 25.8 Å². The van der Waals surface area contributed by atoms with E-state index in [2.05, 4.69) is 48.2 Å². The molecule has 0 aromatic carbocycles. The van der Waals surface area contributed by atoms with E-state index in [1.165, 1.54) is 12.0 Å². The van der Waals surface area contributed by atoms with Gasteiger partial charge < -0.3 is 10.2 Å². The first kappa shape index (κ1) is 13.1. The zero-order valence-corrected chi connectivity index (χ0v) is 10.6. The maximum absolute atomic E-state index is 4.02. The number of rotatable bonds is 7. The molecule has 0 aliphatic carbocycles. The molecule has 0 saturated carbocycles. The molecular weight excluding hydrogens is 198 g/mol. The van der Waals surface area contributed by atoms with Gasteiger partial charge in [0.25, 0.3) is 0 Å². The van der Waals surface area contributed by atoms with Gasteiger partial charge in [0, 0.05) is 25.0 Å². The average molecular weight is 221 g/mol. The average Bonchev–Trinajstić information content (AvgIpc) is 2.25. The van der Waals surface area contributed by atoms with Gasteiger partial charge in [-0.25, -0.2) is 0 Å². The molecule has 0 aliphatic rings. The summed E-state index contributed by atoms with van der Waals surface area (Å²) in [5, 5.41) is 3.43. The van der Waals surface area contributed by atoms with Crippen molar-refractivity contribution in [1.82, 2.24) is 15.2 Å². The first-order chi connectivity index (χ1) is 7.68. The van der Waals surface area contributed by atoms with Crippen LogP contribution in [-0.4, -0.2) is 36.1 Å². The number of aromatic nitrogens is 1. The number of nitrogens with one attached hydrogen (secondary N) is 1. The van der Waals surface area contributed by atoms with Crippen molar-refractivity contribution in [3.63, 3.8) is 0 Å². The standard InChI is InChI=1S/C13H23N3/c1-12(2)15-7-4-10-16(3)11-13-5-8-14-9-6-13/h5-6,8-9,12,15H,4,7,10-11H2,1-3H3. The molecule has 0 amide bonds. The Bertz CT molecular complexity index is 272. The van der Waals surface area contributed by atoms with E-state index in [1.807, 2.05) is 12.4 Å². The van der Waals surface area contributed by atoms with Crippen LogP contribution in [0.4, 0.5) is 0 Å². The molecule has 1 N–H and O–H groups in total. The third-order valence-corrected chi connectivity index (χ3v) is 2.47. The number of hydrogen-bond donors (Lipinski definition) is 1. The highest BCUT2D eigenvalue weighted by Crippen LogP contribution is 2.01. The van der Waals surface area contributed by atoms with Gasteiger partial charge >= 0.3 is 0 Å². The molecule has 0 radical (unpaired) electrons. The summed E-state index contributed by atoms with van der Waals surface area (Å²) < 4.78 is 0. The minimum Gasteiger partial charge on any atom is -0.314 e. The number of pyridine rings is 1. The monoisotopic (exact) mass is 221 g/mol. The van der Waals surface area contributed by atoms with Gasteiger partial charge in [-0.05, 0) is 44.3 Å². The van der Waals surface area contributed by atoms with Crippen LogP contribution in [0.2, 0.25) is 0 Å². The molecule has 1 aromatic heterocycles. The molecule has 0 atom stereocenters. The molecule has 1 rings (SSSR count). The molecule has 0 spiro atoms. The molecule has 1 aromatic rings. The van der Waals surface area contributed by atoms with E-state index in [1.54, 1.807) is 0 Å². The van der Waals surface area contributed by atoms with Crippen LogP contribution in [0.5, 0.6) is 0 Å². The predicted octanol–water partition coefficient (Wildman–Crippen LogP) is 1.90. The maximum atomic E-state index is 4.02. The van der Waals surface area contributed by atoms with E-state index in [0.29, 0.717) is 6.04 Å². The zero-order chi connectivity index (χ0) is 11.8. The van der Waals surface area contributed by atoms with Crippen LogP contribution in [0.15, 0.2) is 24.5 Å². The van der Waals surface area contributed by atoms with Crippen molar-refractivity contribution in [3.8, 4) is 0 Å². The van der Waals surface area contributed by atoms with E-state index >= 15 is 0 Å². The van der Waals surface area contributed by atoms with Crippen LogP contribution < -0.4 is 5.32 Å². The fraction of sp³-hybridized carbons (Fsp3) is 0.615. The Hall–Kier alpha value is -0.930. The Kier molecular flexibility index (Phi) is 6.04. The van der Waals surface area contributed by atoms with Crippen molar-refractivity contribution in [1.29, 1.82) is 0 Å². The topological polar surface area (TPSA) is 28.2 Å². The van der Waals surface area contributed by atoms with Crippen LogP contribution in [0.3, 0.4) is 0 Å². The third kappa shape index (κ3) is 5.83. The highest BCUT2D eigenvalue weighted by Gasteiger charge is 2.00. The van der Waals surface area contributed by atoms with Gasteiger partial charge in [0.2, 0.25) is 0 Å². The molecule has 0 fully saturated rings. The van der Waals surface area contributed by atoms with Gasteiger partial charge in [-0.15, -0.1) is 0 Å². The number of nitrogens with zero attached hydrogens (tertiary/aromatic N) is 2. The summed E-state index contributed by atoms with van der Waals surface area (Å²) in [5.74, 6) is 0. The van der Waals surface area contributed by atoms with Gasteiger partial charge in [0.1, 0.15) is 0 Å². The van der Waals surface area contributed by atoms with Crippen molar-refractivity contribution in [2.75, 3.05) is 20.1 Å². The van der Waals surface area contributed by atoms with Crippen LogP contribution in [0.25, 0.3) is 0 Å². The largest absolute Gasteiger partial charge is 0.314 e. The van der Waals surface area contributed by atoms with E-state index in [0.717, 1.165) is 19.6 Å². The Labute approximate surface area is 98.9 Å². The Morgan fingerprint density at radius 1 is 1.31 bits per heavy atom. The normalized spacial score (nSPS) is 11.3. The van der Waals surface area contributed by atoms with Crippen molar-refractivity contribution in [2.45, 2.75) is 32.9 Å². The Morgan fingerprint density at radius 3 is 2.62 bits per heavy atom. The molecule has 3 heteroatoms. The Morgan fingerprint density at radius 2 is 2.00 bits per heavy atom. The molecule has 0 saturated heterocycles. The van der Waals surface area contributed by atoms with Gasteiger partial charge in [0.05, 0.1) is 0 Å². The molecule has 3 nitrogen and oxygen atoms in total. The second kappa shape index (κ2) is 7.36.